The zero-order valence-corrected chi connectivity index (χ0v) is 16.5. The van der Waals surface area contributed by atoms with Crippen molar-refractivity contribution in [2.24, 2.45) is 0 Å². The van der Waals surface area contributed by atoms with Crippen molar-refractivity contribution < 1.29 is 14.3 Å². The largest absolute Gasteiger partial charge is 0.497 e. The number of hydrogen-bond acceptors (Lipinski definition) is 6. The number of nitrogens with zero attached hydrogens (tertiary/aromatic N) is 3. The number of amides is 1. The number of methoxy groups -OCH3 is 1. The molecule has 2 aromatic carbocycles. The molecule has 1 amide bonds. The quantitative estimate of drug-likeness (QED) is 0.616. The fourth-order valence-electron chi connectivity index (χ4n) is 2.83. The standard InChI is InChI=1S/C19H17ClN4O3S/c1-26-15-4-2-3-12(9-15)17-22-23-18(28-11-16-10-21-19(25)27-16)24(17)14-7-5-13(20)6-8-14/h2-9,16H,10-11H2,1H3,(H,21,25)/t16-/m0/s1. The Balaban J connectivity index is 1.70. The van der Waals surface area contributed by atoms with Gasteiger partial charge in [0.05, 0.1) is 13.7 Å². The van der Waals surface area contributed by atoms with E-state index in [2.05, 4.69) is 15.5 Å². The van der Waals surface area contributed by atoms with Crippen LogP contribution >= 0.6 is 23.4 Å². The summed E-state index contributed by atoms with van der Waals surface area (Å²) < 4.78 is 12.5. The highest BCUT2D eigenvalue weighted by atomic mass is 35.5. The molecule has 28 heavy (non-hydrogen) atoms. The van der Waals surface area contributed by atoms with E-state index < -0.39 is 0 Å². The van der Waals surface area contributed by atoms with Gasteiger partial charge in [0, 0.05) is 22.0 Å². The summed E-state index contributed by atoms with van der Waals surface area (Å²) in [4.78, 5) is 11.2. The van der Waals surface area contributed by atoms with Gasteiger partial charge in [0.25, 0.3) is 0 Å². The van der Waals surface area contributed by atoms with E-state index in [0.717, 1.165) is 17.0 Å². The number of halogens is 1. The van der Waals surface area contributed by atoms with E-state index in [1.54, 1.807) is 7.11 Å². The van der Waals surface area contributed by atoms with Crippen molar-refractivity contribution >= 4 is 29.5 Å². The van der Waals surface area contributed by atoms with Crippen LogP contribution in [-0.4, -0.2) is 46.4 Å². The van der Waals surface area contributed by atoms with Gasteiger partial charge in [-0.1, -0.05) is 35.5 Å². The third kappa shape index (κ3) is 3.93. The number of carbonyl (C=O) groups excluding carboxylic acids is 1. The maximum absolute atomic E-state index is 11.2. The molecule has 1 saturated heterocycles. The second-order valence-electron chi connectivity index (χ2n) is 6.07. The third-order valence-electron chi connectivity index (χ3n) is 4.19. The van der Waals surface area contributed by atoms with Gasteiger partial charge < -0.3 is 14.8 Å². The van der Waals surface area contributed by atoms with Gasteiger partial charge in [-0.15, -0.1) is 10.2 Å². The molecule has 1 N–H and O–H groups in total. The summed E-state index contributed by atoms with van der Waals surface area (Å²) in [5.41, 5.74) is 1.76. The zero-order valence-electron chi connectivity index (χ0n) is 15.0. The fraction of sp³-hybridized carbons (Fsp3) is 0.211. The lowest BCUT2D eigenvalue weighted by Crippen LogP contribution is -2.17. The number of aromatic nitrogens is 3. The Bertz CT molecular complexity index is 993. The summed E-state index contributed by atoms with van der Waals surface area (Å²) in [6.45, 7) is 0.490. The summed E-state index contributed by atoms with van der Waals surface area (Å²) in [6.07, 6.45) is -0.588. The Morgan fingerprint density at radius 1 is 1.29 bits per heavy atom. The first kappa shape index (κ1) is 18.6. The van der Waals surface area contributed by atoms with E-state index >= 15 is 0 Å². The number of nitrogens with one attached hydrogen (secondary N) is 1. The maximum atomic E-state index is 11.2. The van der Waals surface area contributed by atoms with Crippen molar-refractivity contribution in [1.29, 1.82) is 0 Å². The number of rotatable bonds is 6. The Kier molecular flexibility index (Phi) is 5.40. The average molecular weight is 417 g/mol. The number of carbonyl (C=O) groups is 1. The number of thioether (sulfide) groups is 1. The lowest BCUT2D eigenvalue weighted by molar-refractivity contribution is 0.150. The van der Waals surface area contributed by atoms with Crippen LogP contribution in [0, 0.1) is 0 Å². The maximum Gasteiger partial charge on any atom is 0.407 e. The van der Waals surface area contributed by atoms with E-state index in [4.69, 9.17) is 21.1 Å². The summed E-state index contributed by atoms with van der Waals surface area (Å²) in [5, 5.41) is 12.8. The smallest absolute Gasteiger partial charge is 0.407 e. The third-order valence-corrected chi connectivity index (χ3v) is 5.51. The first-order valence-corrected chi connectivity index (χ1v) is 9.93. The van der Waals surface area contributed by atoms with E-state index in [1.165, 1.54) is 11.8 Å². The van der Waals surface area contributed by atoms with Crippen LogP contribution in [0.4, 0.5) is 4.79 Å². The van der Waals surface area contributed by atoms with Gasteiger partial charge in [0.15, 0.2) is 11.0 Å². The molecular weight excluding hydrogens is 400 g/mol. The van der Waals surface area contributed by atoms with Crippen molar-refractivity contribution in [2.75, 3.05) is 19.4 Å². The van der Waals surface area contributed by atoms with Crippen LogP contribution < -0.4 is 10.1 Å². The van der Waals surface area contributed by atoms with Crippen LogP contribution in [0.2, 0.25) is 5.02 Å². The van der Waals surface area contributed by atoms with Gasteiger partial charge in [-0.25, -0.2) is 4.79 Å². The molecule has 9 heteroatoms. The minimum Gasteiger partial charge on any atom is -0.497 e. The van der Waals surface area contributed by atoms with Gasteiger partial charge in [0.2, 0.25) is 0 Å². The van der Waals surface area contributed by atoms with Gasteiger partial charge in [-0.3, -0.25) is 4.57 Å². The Labute approximate surface area is 171 Å². The van der Waals surface area contributed by atoms with E-state index in [-0.39, 0.29) is 12.2 Å². The number of alkyl carbamates (subject to hydrolysis) is 1. The molecule has 0 spiro atoms. The molecule has 1 fully saturated rings. The highest BCUT2D eigenvalue weighted by Gasteiger charge is 2.24. The Morgan fingerprint density at radius 2 is 2.11 bits per heavy atom. The van der Waals surface area contributed by atoms with Crippen molar-refractivity contribution in [3.8, 4) is 22.8 Å². The molecule has 1 atom stereocenters. The molecule has 2 heterocycles. The molecule has 1 aliphatic heterocycles. The zero-order chi connectivity index (χ0) is 19.5. The number of ether oxygens (including phenoxy) is 2. The van der Waals surface area contributed by atoms with Crippen LogP contribution in [0.3, 0.4) is 0 Å². The van der Waals surface area contributed by atoms with E-state index in [9.17, 15) is 4.79 Å². The first-order chi connectivity index (χ1) is 13.6. The van der Waals surface area contributed by atoms with Gasteiger partial charge in [-0.05, 0) is 36.4 Å². The second kappa shape index (κ2) is 8.12. The van der Waals surface area contributed by atoms with Crippen molar-refractivity contribution in [1.82, 2.24) is 20.1 Å². The lowest BCUT2D eigenvalue weighted by atomic mass is 10.2. The summed E-state index contributed by atoms with van der Waals surface area (Å²) >= 11 is 7.53. The molecule has 0 radical (unpaired) electrons. The number of benzene rings is 2. The molecule has 0 unspecified atom stereocenters. The summed E-state index contributed by atoms with van der Waals surface area (Å²) in [5.74, 6) is 1.99. The van der Waals surface area contributed by atoms with Crippen molar-refractivity contribution in [3.05, 3.63) is 53.6 Å². The average Bonchev–Trinajstić information content (AvgIpc) is 3.33. The van der Waals surface area contributed by atoms with Crippen LogP contribution in [0.1, 0.15) is 0 Å². The molecule has 3 aromatic rings. The molecular formula is C19H17ClN4O3S. The Hall–Kier alpha value is -2.71. The lowest BCUT2D eigenvalue weighted by Gasteiger charge is -2.12. The SMILES string of the molecule is COc1cccc(-c2nnc(SC[C@@H]3CNC(=O)O3)n2-c2ccc(Cl)cc2)c1. The number of cyclic esters (lactones) is 1. The second-order valence-corrected chi connectivity index (χ2v) is 7.49. The van der Waals surface area contributed by atoms with E-state index in [0.29, 0.717) is 28.3 Å². The molecule has 1 aromatic heterocycles. The van der Waals surface area contributed by atoms with Crippen molar-refractivity contribution in [2.45, 2.75) is 11.3 Å². The Morgan fingerprint density at radius 3 is 2.82 bits per heavy atom. The molecule has 1 aliphatic rings. The van der Waals surface area contributed by atoms with E-state index in [1.807, 2.05) is 53.1 Å². The van der Waals surface area contributed by atoms with Gasteiger partial charge in [-0.2, -0.15) is 0 Å². The molecule has 0 aliphatic carbocycles. The van der Waals surface area contributed by atoms with Crippen LogP contribution in [0.25, 0.3) is 17.1 Å². The fourth-order valence-corrected chi connectivity index (χ4v) is 3.89. The number of hydrogen-bond donors (Lipinski definition) is 1. The minimum atomic E-state index is -0.387. The molecule has 144 valence electrons. The first-order valence-electron chi connectivity index (χ1n) is 8.57. The molecule has 0 bridgehead atoms. The summed E-state index contributed by atoms with van der Waals surface area (Å²) in [7, 11) is 1.63. The van der Waals surface area contributed by atoms with Gasteiger partial charge >= 0.3 is 6.09 Å². The molecule has 4 rings (SSSR count). The normalized spacial score (nSPS) is 15.9. The highest BCUT2D eigenvalue weighted by Crippen LogP contribution is 2.30. The predicted octanol–water partition coefficient (Wildman–Crippen LogP) is 3.80. The highest BCUT2D eigenvalue weighted by molar-refractivity contribution is 7.99. The predicted molar refractivity (Wildman–Crippen MR) is 107 cm³/mol. The van der Waals surface area contributed by atoms with Crippen molar-refractivity contribution in [3.63, 3.8) is 0 Å². The monoisotopic (exact) mass is 416 g/mol. The minimum absolute atomic E-state index is 0.201. The molecule has 0 saturated carbocycles. The van der Waals surface area contributed by atoms with Crippen LogP contribution in [0.5, 0.6) is 5.75 Å². The van der Waals surface area contributed by atoms with Crippen LogP contribution in [-0.2, 0) is 4.74 Å². The topological polar surface area (TPSA) is 78.3 Å². The van der Waals surface area contributed by atoms with Crippen LogP contribution in [0.15, 0.2) is 53.7 Å². The van der Waals surface area contributed by atoms with Gasteiger partial charge in [0.1, 0.15) is 11.9 Å². The molecule has 7 nitrogen and oxygen atoms in total. The summed E-state index contributed by atoms with van der Waals surface area (Å²) in [6, 6.07) is 15.1.